The monoisotopic (exact) mass is 455 g/mol. The molecule has 0 bridgehead atoms. The van der Waals surface area contributed by atoms with Gasteiger partial charge in [0, 0.05) is 28.3 Å². The van der Waals surface area contributed by atoms with Gasteiger partial charge in [-0.2, -0.15) is 0 Å². The molecular formula is C24H30BrN3O. The number of likely N-dealkylation sites (tertiary alicyclic amines) is 2. The van der Waals surface area contributed by atoms with Gasteiger partial charge in [0.1, 0.15) is 0 Å². The molecule has 2 aliphatic heterocycles. The minimum atomic E-state index is -0.0787. The zero-order chi connectivity index (χ0) is 20.1. The van der Waals surface area contributed by atoms with Gasteiger partial charge < -0.3 is 10.2 Å². The molecular weight excluding hydrogens is 426 g/mol. The zero-order valence-corrected chi connectivity index (χ0v) is 18.5. The first-order valence-corrected chi connectivity index (χ1v) is 11.6. The van der Waals surface area contributed by atoms with E-state index in [4.69, 9.17) is 0 Å². The third-order valence-corrected chi connectivity index (χ3v) is 6.72. The fourth-order valence-corrected chi connectivity index (χ4v) is 4.75. The van der Waals surface area contributed by atoms with Crippen LogP contribution in [-0.2, 0) is 6.54 Å². The number of amides is 1. The topological polar surface area (TPSA) is 35.6 Å². The molecule has 4 rings (SSSR count). The summed E-state index contributed by atoms with van der Waals surface area (Å²) in [4.78, 5) is 17.6. The van der Waals surface area contributed by atoms with Gasteiger partial charge in [0.2, 0.25) is 0 Å². The molecule has 2 aromatic rings. The van der Waals surface area contributed by atoms with Crippen molar-refractivity contribution in [2.45, 2.75) is 44.7 Å². The molecule has 2 aliphatic rings. The fourth-order valence-electron chi connectivity index (χ4n) is 4.48. The van der Waals surface area contributed by atoms with Gasteiger partial charge in [0.15, 0.2) is 0 Å². The molecule has 2 heterocycles. The van der Waals surface area contributed by atoms with E-state index in [9.17, 15) is 4.79 Å². The van der Waals surface area contributed by atoms with E-state index in [1.54, 1.807) is 0 Å². The second kappa shape index (κ2) is 9.88. The van der Waals surface area contributed by atoms with Crippen molar-refractivity contribution in [2.75, 3.05) is 31.5 Å². The van der Waals surface area contributed by atoms with Crippen molar-refractivity contribution in [3.05, 3.63) is 64.1 Å². The highest BCUT2D eigenvalue weighted by atomic mass is 79.9. The van der Waals surface area contributed by atoms with Gasteiger partial charge in [-0.15, -0.1) is 0 Å². The molecule has 0 saturated carbocycles. The average Bonchev–Trinajstić information content (AvgIpc) is 2.77. The van der Waals surface area contributed by atoms with Crippen LogP contribution in [0.1, 0.15) is 48.0 Å². The Labute approximate surface area is 182 Å². The summed E-state index contributed by atoms with van der Waals surface area (Å²) in [7, 11) is 0. The number of hydrogen-bond donors (Lipinski definition) is 1. The highest BCUT2D eigenvalue weighted by molar-refractivity contribution is 9.10. The summed E-state index contributed by atoms with van der Waals surface area (Å²) in [5, 5.41) is 2.98. The minimum Gasteiger partial charge on any atom is -0.322 e. The normalized spacial score (nSPS) is 19.2. The van der Waals surface area contributed by atoms with E-state index in [0.29, 0.717) is 5.56 Å². The van der Waals surface area contributed by atoms with E-state index in [-0.39, 0.29) is 5.91 Å². The Balaban J connectivity index is 1.25. The Morgan fingerprint density at radius 2 is 1.55 bits per heavy atom. The van der Waals surface area contributed by atoms with E-state index in [1.165, 1.54) is 63.8 Å². The predicted octanol–water partition coefficient (Wildman–Crippen LogP) is 5.15. The van der Waals surface area contributed by atoms with Gasteiger partial charge >= 0.3 is 0 Å². The molecule has 2 aromatic carbocycles. The average molecular weight is 456 g/mol. The number of nitrogens with zero attached hydrogens (tertiary/aromatic N) is 2. The number of anilines is 1. The molecule has 2 fully saturated rings. The lowest BCUT2D eigenvalue weighted by Gasteiger charge is -2.40. The molecule has 154 valence electrons. The first kappa shape index (κ1) is 20.6. The van der Waals surface area contributed by atoms with Crippen molar-refractivity contribution in [3.8, 4) is 0 Å². The van der Waals surface area contributed by atoms with Crippen molar-refractivity contribution >= 4 is 27.5 Å². The summed E-state index contributed by atoms with van der Waals surface area (Å²) in [6.07, 6.45) is 6.76. The summed E-state index contributed by atoms with van der Waals surface area (Å²) in [6, 6.07) is 16.5. The minimum absolute atomic E-state index is 0.0787. The fraction of sp³-hybridized carbons (Fsp3) is 0.458. The largest absolute Gasteiger partial charge is 0.322 e. The van der Waals surface area contributed by atoms with Crippen LogP contribution >= 0.6 is 15.9 Å². The zero-order valence-electron chi connectivity index (χ0n) is 16.9. The quantitative estimate of drug-likeness (QED) is 0.676. The standard InChI is InChI=1S/C24H30BrN3O/c25-21-8-6-20(7-9-21)24(29)26-22-10-4-19(5-11-22)18-27-16-12-23(13-17-27)28-14-2-1-3-15-28/h4-11,23H,1-3,12-18H2,(H,26,29). The van der Waals surface area contributed by atoms with E-state index in [1.807, 2.05) is 36.4 Å². The molecule has 2 saturated heterocycles. The van der Waals surface area contributed by atoms with Crippen LogP contribution in [0.25, 0.3) is 0 Å². The SMILES string of the molecule is O=C(Nc1ccc(CN2CCC(N3CCCCC3)CC2)cc1)c1ccc(Br)cc1. The van der Waals surface area contributed by atoms with Gasteiger partial charge in [0.05, 0.1) is 0 Å². The third kappa shape index (κ3) is 5.68. The second-order valence-electron chi connectivity index (χ2n) is 8.26. The smallest absolute Gasteiger partial charge is 0.255 e. The van der Waals surface area contributed by atoms with Crippen LogP contribution < -0.4 is 5.32 Å². The number of halogens is 1. The van der Waals surface area contributed by atoms with Gasteiger partial charge in [-0.3, -0.25) is 9.69 Å². The molecule has 0 aliphatic carbocycles. The van der Waals surface area contributed by atoms with Crippen LogP contribution in [0.15, 0.2) is 53.0 Å². The molecule has 5 heteroatoms. The number of piperidine rings is 2. The van der Waals surface area contributed by atoms with Gasteiger partial charge in [-0.1, -0.05) is 34.5 Å². The Kier molecular flexibility index (Phi) is 7.01. The predicted molar refractivity (Wildman–Crippen MR) is 122 cm³/mol. The molecule has 1 N–H and O–H groups in total. The highest BCUT2D eigenvalue weighted by Crippen LogP contribution is 2.22. The van der Waals surface area contributed by atoms with Gasteiger partial charge in [0.25, 0.3) is 5.91 Å². The summed E-state index contributed by atoms with van der Waals surface area (Å²) >= 11 is 3.40. The summed E-state index contributed by atoms with van der Waals surface area (Å²) in [5.41, 5.74) is 2.81. The maximum Gasteiger partial charge on any atom is 0.255 e. The summed E-state index contributed by atoms with van der Waals surface area (Å²) < 4.78 is 0.971. The number of hydrogen-bond acceptors (Lipinski definition) is 3. The van der Waals surface area contributed by atoms with Crippen molar-refractivity contribution in [2.24, 2.45) is 0 Å². The highest BCUT2D eigenvalue weighted by Gasteiger charge is 2.25. The Morgan fingerprint density at radius 3 is 2.21 bits per heavy atom. The number of carbonyl (C=O) groups is 1. The van der Waals surface area contributed by atoms with Crippen LogP contribution in [0.5, 0.6) is 0 Å². The van der Waals surface area contributed by atoms with Crippen LogP contribution in [0.2, 0.25) is 0 Å². The van der Waals surface area contributed by atoms with Crippen LogP contribution in [0, 0.1) is 0 Å². The first-order chi connectivity index (χ1) is 14.2. The van der Waals surface area contributed by atoms with Gasteiger partial charge in [-0.25, -0.2) is 0 Å². The number of benzene rings is 2. The number of rotatable bonds is 5. The third-order valence-electron chi connectivity index (χ3n) is 6.19. The van der Waals surface area contributed by atoms with Crippen molar-refractivity contribution in [1.82, 2.24) is 9.80 Å². The Morgan fingerprint density at radius 1 is 0.897 bits per heavy atom. The van der Waals surface area contributed by atoms with Crippen LogP contribution in [0.4, 0.5) is 5.69 Å². The van der Waals surface area contributed by atoms with Crippen molar-refractivity contribution in [3.63, 3.8) is 0 Å². The van der Waals surface area contributed by atoms with Gasteiger partial charge in [-0.05, 0) is 93.8 Å². The molecule has 0 atom stereocenters. The van der Waals surface area contributed by atoms with Crippen LogP contribution in [-0.4, -0.2) is 47.9 Å². The van der Waals surface area contributed by atoms with E-state index in [2.05, 4.69) is 43.2 Å². The maximum absolute atomic E-state index is 12.3. The number of carbonyl (C=O) groups excluding carboxylic acids is 1. The lowest BCUT2D eigenvalue weighted by molar-refractivity contribution is 0.0896. The summed E-state index contributed by atoms with van der Waals surface area (Å²) in [6.45, 7) is 5.97. The second-order valence-corrected chi connectivity index (χ2v) is 9.18. The molecule has 0 unspecified atom stereocenters. The lowest BCUT2D eigenvalue weighted by Crippen LogP contribution is -2.46. The first-order valence-electron chi connectivity index (χ1n) is 10.8. The van der Waals surface area contributed by atoms with E-state index in [0.717, 1.165) is 22.7 Å². The Hall–Kier alpha value is -1.69. The van der Waals surface area contributed by atoms with Crippen LogP contribution in [0.3, 0.4) is 0 Å². The molecule has 0 spiro atoms. The van der Waals surface area contributed by atoms with E-state index >= 15 is 0 Å². The molecule has 4 nitrogen and oxygen atoms in total. The molecule has 1 amide bonds. The number of nitrogens with one attached hydrogen (secondary N) is 1. The molecule has 29 heavy (non-hydrogen) atoms. The van der Waals surface area contributed by atoms with Crippen molar-refractivity contribution in [1.29, 1.82) is 0 Å². The molecule has 0 aromatic heterocycles. The maximum atomic E-state index is 12.3. The van der Waals surface area contributed by atoms with E-state index < -0.39 is 0 Å². The summed E-state index contributed by atoms with van der Waals surface area (Å²) in [5.74, 6) is -0.0787. The Bertz CT molecular complexity index is 792. The molecule has 0 radical (unpaired) electrons. The lowest BCUT2D eigenvalue weighted by atomic mass is 9.99. The van der Waals surface area contributed by atoms with Crippen molar-refractivity contribution < 1.29 is 4.79 Å².